The molecule has 0 aliphatic carbocycles. The van der Waals surface area contributed by atoms with Crippen LogP contribution in [-0.2, 0) is 27.4 Å². The van der Waals surface area contributed by atoms with Crippen LogP contribution in [0.4, 0.5) is 4.39 Å². The predicted octanol–water partition coefficient (Wildman–Crippen LogP) is 3.03. The molecule has 7 heteroatoms. The second-order valence-electron chi connectivity index (χ2n) is 5.97. The number of nitrogens with one attached hydrogen (secondary N) is 1. The number of likely N-dealkylation sites (N-methyl/N-ethyl adjacent to an activating group) is 1. The van der Waals surface area contributed by atoms with E-state index in [1.54, 1.807) is 37.3 Å². The van der Waals surface area contributed by atoms with E-state index in [1.165, 1.54) is 13.1 Å². The summed E-state index contributed by atoms with van der Waals surface area (Å²) in [6.07, 6.45) is 0.608. The number of amides is 1. The number of ether oxygens (including phenoxy) is 3. The van der Waals surface area contributed by atoms with Crippen LogP contribution in [0.1, 0.15) is 24.5 Å². The van der Waals surface area contributed by atoms with E-state index < -0.39 is 5.82 Å². The van der Waals surface area contributed by atoms with E-state index in [2.05, 4.69) is 5.32 Å². The molecule has 1 amide bonds. The number of halogens is 1. The summed E-state index contributed by atoms with van der Waals surface area (Å²) in [5.41, 5.74) is 1.47. The van der Waals surface area contributed by atoms with Crippen LogP contribution in [-0.4, -0.2) is 32.1 Å². The van der Waals surface area contributed by atoms with Gasteiger partial charge in [-0.2, -0.15) is 0 Å². The molecule has 0 bridgehead atoms. The van der Waals surface area contributed by atoms with Gasteiger partial charge in [-0.15, -0.1) is 0 Å². The third-order valence-electron chi connectivity index (χ3n) is 3.86. The van der Waals surface area contributed by atoms with Gasteiger partial charge >= 0.3 is 5.97 Å². The van der Waals surface area contributed by atoms with Gasteiger partial charge in [-0.1, -0.05) is 18.2 Å². The summed E-state index contributed by atoms with van der Waals surface area (Å²) in [6, 6.07) is 11.7. The number of hydrogen-bond acceptors (Lipinski definition) is 5. The molecule has 0 fully saturated rings. The third-order valence-corrected chi connectivity index (χ3v) is 3.86. The summed E-state index contributed by atoms with van der Waals surface area (Å²) in [4.78, 5) is 22.6. The molecular weight excluding hydrogens is 365 g/mol. The monoisotopic (exact) mass is 389 g/mol. The molecule has 0 heterocycles. The molecule has 0 radical (unpaired) electrons. The van der Waals surface area contributed by atoms with Crippen molar-refractivity contribution in [3.8, 4) is 11.5 Å². The van der Waals surface area contributed by atoms with Gasteiger partial charge in [-0.05, 0) is 48.7 Å². The van der Waals surface area contributed by atoms with E-state index in [0.717, 1.165) is 5.56 Å². The number of aryl methyl sites for hydroxylation is 1. The molecule has 0 saturated carbocycles. The van der Waals surface area contributed by atoms with E-state index in [4.69, 9.17) is 14.2 Å². The first-order valence-corrected chi connectivity index (χ1v) is 9.01. The first-order valence-electron chi connectivity index (χ1n) is 9.01. The van der Waals surface area contributed by atoms with Crippen molar-refractivity contribution in [3.63, 3.8) is 0 Å². The highest BCUT2D eigenvalue weighted by Gasteiger charge is 2.08. The van der Waals surface area contributed by atoms with Crippen LogP contribution in [0.15, 0.2) is 42.5 Å². The van der Waals surface area contributed by atoms with Gasteiger partial charge in [0.25, 0.3) is 5.91 Å². The minimum atomic E-state index is -0.492. The second-order valence-corrected chi connectivity index (χ2v) is 5.97. The Morgan fingerprint density at radius 1 is 1.07 bits per heavy atom. The first-order chi connectivity index (χ1) is 13.5. The summed E-state index contributed by atoms with van der Waals surface area (Å²) in [6.45, 7) is 2.14. The van der Waals surface area contributed by atoms with Gasteiger partial charge in [0.1, 0.15) is 12.4 Å². The average molecular weight is 389 g/mol. The second kappa shape index (κ2) is 10.9. The Morgan fingerprint density at radius 2 is 1.89 bits per heavy atom. The van der Waals surface area contributed by atoms with Crippen molar-refractivity contribution in [1.82, 2.24) is 5.32 Å². The highest BCUT2D eigenvalue weighted by Crippen LogP contribution is 2.21. The normalized spacial score (nSPS) is 10.2. The molecule has 150 valence electrons. The van der Waals surface area contributed by atoms with Crippen LogP contribution in [0.5, 0.6) is 11.5 Å². The molecule has 0 aromatic heterocycles. The Kier molecular flexibility index (Phi) is 8.27. The van der Waals surface area contributed by atoms with Crippen LogP contribution in [0.3, 0.4) is 0 Å². The van der Waals surface area contributed by atoms with Gasteiger partial charge in [0.15, 0.2) is 18.2 Å². The number of carbonyl (C=O) groups is 2. The molecule has 2 aromatic rings. The van der Waals surface area contributed by atoms with Crippen molar-refractivity contribution >= 4 is 11.9 Å². The van der Waals surface area contributed by atoms with Crippen molar-refractivity contribution in [2.75, 3.05) is 20.3 Å². The summed E-state index contributed by atoms with van der Waals surface area (Å²) < 4.78 is 30.0. The van der Waals surface area contributed by atoms with Gasteiger partial charge in [-0.25, -0.2) is 4.39 Å². The van der Waals surface area contributed by atoms with Crippen LogP contribution in [0.25, 0.3) is 0 Å². The van der Waals surface area contributed by atoms with Crippen molar-refractivity contribution in [3.05, 3.63) is 59.4 Å². The lowest BCUT2D eigenvalue weighted by Gasteiger charge is -2.10. The fourth-order valence-electron chi connectivity index (χ4n) is 2.40. The standard InChI is InChI=1S/C21H24FNO5/c1-3-26-21(25)10-8-15-7-9-19(18(22)12-15)28-13-16-5-4-6-17(11-16)27-14-20(24)23-2/h4-7,9,11-12H,3,8,10,13-14H2,1-2H3,(H,23,24). The topological polar surface area (TPSA) is 73.9 Å². The lowest BCUT2D eigenvalue weighted by atomic mass is 10.1. The molecule has 0 unspecified atom stereocenters. The summed E-state index contributed by atoms with van der Waals surface area (Å²) >= 11 is 0. The number of esters is 1. The number of benzene rings is 2. The predicted molar refractivity (Wildman–Crippen MR) is 102 cm³/mol. The summed E-state index contributed by atoms with van der Waals surface area (Å²) in [5.74, 6) is -0.377. The maximum Gasteiger partial charge on any atom is 0.306 e. The minimum Gasteiger partial charge on any atom is -0.486 e. The maximum atomic E-state index is 14.2. The Balaban J connectivity index is 1.90. The van der Waals surface area contributed by atoms with E-state index in [1.807, 2.05) is 6.07 Å². The molecule has 28 heavy (non-hydrogen) atoms. The third kappa shape index (κ3) is 6.90. The average Bonchev–Trinajstić information content (AvgIpc) is 2.70. The zero-order valence-corrected chi connectivity index (χ0v) is 16.0. The number of rotatable bonds is 10. The molecule has 0 atom stereocenters. The SMILES string of the molecule is CCOC(=O)CCc1ccc(OCc2cccc(OCC(=O)NC)c2)c(F)c1. The zero-order chi connectivity index (χ0) is 20.4. The minimum absolute atomic E-state index is 0.0807. The van der Waals surface area contributed by atoms with Crippen LogP contribution < -0.4 is 14.8 Å². The van der Waals surface area contributed by atoms with Crippen LogP contribution >= 0.6 is 0 Å². The number of carbonyl (C=O) groups excluding carboxylic acids is 2. The lowest BCUT2D eigenvalue weighted by Crippen LogP contribution is -2.24. The van der Waals surface area contributed by atoms with Gasteiger partial charge in [0.2, 0.25) is 0 Å². The van der Waals surface area contributed by atoms with Gasteiger partial charge in [-0.3, -0.25) is 9.59 Å². The highest BCUT2D eigenvalue weighted by atomic mass is 19.1. The molecular formula is C21H24FNO5. The van der Waals surface area contributed by atoms with E-state index >= 15 is 0 Å². The fourth-order valence-corrected chi connectivity index (χ4v) is 2.40. The smallest absolute Gasteiger partial charge is 0.306 e. The molecule has 1 N–H and O–H groups in total. The van der Waals surface area contributed by atoms with E-state index in [-0.39, 0.29) is 37.3 Å². The largest absolute Gasteiger partial charge is 0.486 e. The highest BCUT2D eigenvalue weighted by molar-refractivity contribution is 5.77. The fraction of sp³-hybridized carbons (Fsp3) is 0.333. The van der Waals surface area contributed by atoms with Gasteiger partial charge in [0, 0.05) is 13.5 Å². The molecule has 2 rings (SSSR count). The molecule has 6 nitrogen and oxygen atoms in total. The summed E-state index contributed by atoms with van der Waals surface area (Å²) in [7, 11) is 1.53. The van der Waals surface area contributed by atoms with E-state index in [0.29, 0.717) is 24.3 Å². The number of hydrogen-bond donors (Lipinski definition) is 1. The first kappa shape index (κ1) is 21.2. The van der Waals surface area contributed by atoms with Crippen molar-refractivity contribution in [2.45, 2.75) is 26.4 Å². The molecule has 0 saturated heterocycles. The molecule has 0 spiro atoms. The van der Waals surface area contributed by atoms with Gasteiger partial charge in [0.05, 0.1) is 6.61 Å². The molecule has 0 aliphatic rings. The van der Waals surface area contributed by atoms with Crippen LogP contribution in [0.2, 0.25) is 0 Å². The summed E-state index contributed by atoms with van der Waals surface area (Å²) in [5, 5.41) is 2.47. The van der Waals surface area contributed by atoms with Crippen molar-refractivity contribution in [1.29, 1.82) is 0 Å². The Bertz CT molecular complexity index is 809. The lowest BCUT2D eigenvalue weighted by molar-refractivity contribution is -0.143. The Morgan fingerprint density at radius 3 is 2.61 bits per heavy atom. The quantitative estimate of drug-likeness (QED) is 0.633. The van der Waals surface area contributed by atoms with E-state index in [9.17, 15) is 14.0 Å². The zero-order valence-electron chi connectivity index (χ0n) is 16.0. The Labute approximate surface area is 163 Å². The van der Waals surface area contributed by atoms with Crippen molar-refractivity contribution in [2.24, 2.45) is 0 Å². The van der Waals surface area contributed by atoms with Crippen molar-refractivity contribution < 1.29 is 28.2 Å². The molecule has 0 aliphatic heterocycles. The molecule has 2 aromatic carbocycles. The Hall–Kier alpha value is -3.09. The maximum absolute atomic E-state index is 14.2. The van der Waals surface area contributed by atoms with Gasteiger partial charge < -0.3 is 19.5 Å². The van der Waals surface area contributed by atoms with Crippen LogP contribution in [0, 0.1) is 5.82 Å².